The number of nitrogens with zero attached hydrogens (tertiary/aromatic N) is 2. The Morgan fingerprint density at radius 2 is 1.95 bits per heavy atom. The van der Waals surface area contributed by atoms with Gasteiger partial charge in [0.1, 0.15) is 0 Å². The van der Waals surface area contributed by atoms with Crippen molar-refractivity contribution >= 4 is 0 Å². The van der Waals surface area contributed by atoms with Gasteiger partial charge in [-0.2, -0.15) is 0 Å². The van der Waals surface area contributed by atoms with Crippen LogP contribution in [0.3, 0.4) is 0 Å². The van der Waals surface area contributed by atoms with E-state index in [1.54, 1.807) is 7.11 Å². The fourth-order valence-electron chi connectivity index (χ4n) is 2.34. The van der Waals surface area contributed by atoms with Gasteiger partial charge in [0.2, 0.25) is 5.88 Å². The molecule has 4 nitrogen and oxygen atoms in total. The molecule has 1 atom stereocenters. The SMILES string of the molecule is CCCNC(c1ccc(OC)nn1)c1cccc(C)c1C. The molecule has 0 radical (unpaired) electrons. The molecule has 0 aliphatic heterocycles. The van der Waals surface area contributed by atoms with Crippen molar-refractivity contribution in [3.8, 4) is 5.88 Å². The van der Waals surface area contributed by atoms with Gasteiger partial charge in [-0.25, -0.2) is 0 Å². The molecule has 4 heteroatoms. The summed E-state index contributed by atoms with van der Waals surface area (Å²) in [4.78, 5) is 0. The van der Waals surface area contributed by atoms with E-state index in [-0.39, 0.29) is 6.04 Å². The quantitative estimate of drug-likeness (QED) is 0.885. The van der Waals surface area contributed by atoms with Crippen LogP contribution in [0.2, 0.25) is 0 Å². The van der Waals surface area contributed by atoms with Crippen LogP contribution < -0.4 is 10.1 Å². The van der Waals surface area contributed by atoms with Gasteiger partial charge in [0.15, 0.2) is 0 Å². The van der Waals surface area contributed by atoms with Crippen LogP contribution in [0.1, 0.15) is 41.8 Å². The lowest BCUT2D eigenvalue weighted by Gasteiger charge is -2.21. The standard InChI is InChI=1S/C17H23N3O/c1-5-11-18-17(14-8-6-7-12(2)13(14)3)15-9-10-16(21-4)20-19-15/h6-10,17-18H,5,11H2,1-4H3. The lowest BCUT2D eigenvalue weighted by Crippen LogP contribution is -2.25. The molecule has 2 aromatic rings. The van der Waals surface area contributed by atoms with E-state index in [4.69, 9.17) is 4.74 Å². The van der Waals surface area contributed by atoms with Gasteiger partial charge in [0, 0.05) is 6.07 Å². The number of aromatic nitrogens is 2. The third kappa shape index (κ3) is 3.58. The molecule has 0 fully saturated rings. The maximum absolute atomic E-state index is 5.08. The van der Waals surface area contributed by atoms with E-state index < -0.39 is 0 Å². The molecule has 0 bridgehead atoms. The van der Waals surface area contributed by atoms with Crippen molar-refractivity contribution in [3.05, 3.63) is 52.7 Å². The molecular formula is C17H23N3O. The summed E-state index contributed by atoms with van der Waals surface area (Å²) in [5.74, 6) is 0.536. The highest BCUT2D eigenvalue weighted by Gasteiger charge is 2.18. The van der Waals surface area contributed by atoms with Crippen molar-refractivity contribution < 1.29 is 4.74 Å². The molecule has 1 aromatic heterocycles. The average Bonchev–Trinajstić information content (AvgIpc) is 2.52. The number of rotatable bonds is 6. The predicted octanol–water partition coefficient (Wildman–Crippen LogP) is 3.19. The zero-order chi connectivity index (χ0) is 15.2. The van der Waals surface area contributed by atoms with Gasteiger partial charge >= 0.3 is 0 Å². The van der Waals surface area contributed by atoms with Crippen LogP contribution in [0, 0.1) is 13.8 Å². The summed E-state index contributed by atoms with van der Waals surface area (Å²) in [5.41, 5.74) is 4.75. The maximum Gasteiger partial charge on any atom is 0.233 e. The number of benzene rings is 1. The summed E-state index contributed by atoms with van der Waals surface area (Å²) in [6.07, 6.45) is 1.07. The normalized spacial score (nSPS) is 12.2. The molecule has 0 aliphatic rings. The van der Waals surface area contributed by atoms with Gasteiger partial charge in [-0.3, -0.25) is 0 Å². The van der Waals surface area contributed by atoms with Crippen LogP contribution in [-0.2, 0) is 0 Å². The second kappa shape index (κ2) is 7.18. The summed E-state index contributed by atoms with van der Waals surface area (Å²) < 4.78 is 5.08. The number of nitrogens with one attached hydrogen (secondary N) is 1. The van der Waals surface area contributed by atoms with E-state index >= 15 is 0 Å². The van der Waals surface area contributed by atoms with Gasteiger partial charge in [-0.15, -0.1) is 10.2 Å². The van der Waals surface area contributed by atoms with Crippen molar-refractivity contribution in [1.82, 2.24) is 15.5 Å². The highest BCUT2D eigenvalue weighted by molar-refractivity contribution is 5.39. The van der Waals surface area contributed by atoms with Crippen LogP contribution in [-0.4, -0.2) is 23.9 Å². The minimum atomic E-state index is 0.0586. The van der Waals surface area contributed by atoms with E-state index in [0.717, 1.165) is 18.7 Å². The van der Waals surface area contributed by atoms with E-state index in [9.17, 15) is 0 Å². The molecule has 1 heterocycles. The Morgan fingerprint density at radius 1 is 1.14 bits per heavy atom. The molecule has 0 spiro atoms. The van der Waals surface area contributed by atoms with Gasteiger partial charge in [-0.1, -0.05) is 25.1 Å². The molecule has 2 rings (SSSR count). The maximum atomic E-state index is 5.08. The predicted molar refractivity (Wildman–Crippen MR) is 84.6 cm³/mol. The number of hydrogen-bond donors (Lipinski definition) is 1. The molecule has 21 heavy (non-hydrogen) atoms. The zero-order valence-electron chi connectivity index (χ0n) is 13.2. The fraction of sp³-hybridized carbons (Fsp3) is 0.412. The smallest absolute Gasteiger partial charge is 0.233 e. The molecule has 0 saturated heterocycles. The first-order valence-corrected chi connectivity index (χ1v) is 7.34. The van der Waals surface area contributed by atoms with Crippen molar-refractivity contribution in [2.45, 2.75) is 33.2 Å². The monoisotopic (exact) mass is 285 g/mol. The van der Waals surface area contributed by atoms with Crippen LogP contribution in [0.5, 0.6) is 5.88 Å². The summed E-state index contributed by atoms with van der Waals surface area (Å²) >= 11 is 0. The third-order valence-electron chi connectivity index (χ3n) is 3.72. The Morgan fingerprint density at radius 3 is 2.57 bits per heavy atom. The van der Waals surface area contributed by atoms with E-state index in [1.807, 2.05) is 12.1 Å². The Labute approximate surface area is 126 Å². The molecule has 1 N–H and O–H groups in total. The topological polar surface area (TPSA) is 47.0 Å². The molecule has 112 valence electrons. The number of aryl methyl sites for hydroxylation is 1. The first-order valence-electron chi connectivity index (χ1n) is 7.34. The first kappa shape index (κ1) is 15.4. The highest BCUT2D eigenvalue weighted by atomic mass is 16.5. The lowest BCUT2D eigenvalue weighted by atomic mass is 9.95. The number of methoxy groups -OCH3 is 1. The highest BCUT2D eigenvalue weighted by Crippen LogP contribution is 2.25. The summed E-state index contributed by atoms with van der Waals surface area (Å²) in [6.45, 7) is 7.39. The molecule has 0 saturated carbocycles. The molecular weight excluding hydrogens is 262 g/mol. The number of hydrogen-bond acceptors (Lipinski definition) is 4. The average molecular weight is 285 g/mol. The second-order valence-corrected chi connectivity index (χ2v) is 5.18. The minimum Gasteiger partial charge on any atom is -0.480 e. The van der Waals surface area contributed by atoms with Crippen LogP contribution in [0.4, 0.5) is 0 Å². The van der Waals surface area contributed by atoms with Crippen LogP contribution >= 0.6 is 0 Å². The molecule has 0 amide bonds. The summed E-state index contributed by atoms with van der Waals surface area (Å²) in [6, 6.07) is 10.3. The van der Waals surface area contributed by atoms with Gasteiger partial charge in [-0.05, 0) is 49.6 Å². The van der Waals surface area contributed by atoms with Crippen molar-refractivity contribution in [3.63, 3.8) is 0 Å². The second-order valence-electron chi connectivity index (χ2n) is 5.18. The molecule has 1 unspecified atom stereocenters. The largest absolute Gasteiger partial charge is 0.480 e. The Hall–Kier alpha value is -1.94. The van der Waals surface area contributed by atoms with Crippen LogP contribution in [0.25, 0.3) is 0 Å². The van der Waals surface area contributed by atoms with Crippen LogP contribution in [0.15, 0.2) is 30.3 Å². The van der Waals surface area contributed by atoms with Gasteiger partial charge < -0.3 is 10.1 Å². The molecule has 0 aliphatic carbocycles. The van der Waals surface area contributed by atoms with Crippen molar-refractivity contribution in [1.29, 1.82) is 0 Å². The minimum absolute atomic E-state index is 0.0586. The van der Waals surface area contributed by atoms with E-state index in [0.29, 0.717) is 5.88 Å². The Balaban J connectivity index is 2.39. The van der Waals surface area contributed by atoms with Gasteiger partial charge in [0.25, 0.3) is 0 Å². The van der Waals surface area contributed by atoms with Gasteiger partial charge in [0.05, 0.1) is 18.8 Å². The summed E-state index contributed by atoms with van der Waals surface area (Å²) in [5, 5.41) is 12.0. The zero-order valence-corrected chi connectivity index (χ0v) is 13.2. The Bertz CT molecular complexity index is 581. The molecule has 1 aromatic carbocycles. The summed E-state index contributed by atoms with van der Waals surface area (Å²) in [7, 11) is 1.60. The Kier molecular flexibility index (Phi) is 5.28. The van der Waals surface area contributed by atoms with Crippen molar-refractivity contribution in [2.24, 2.45) is 0 Å². The van der Waals surface area contributed by atoms with E-state index in [2.05, 4.69) is 54.5 Å². The lowest BCUT2D eigenvalue weighted by molar-refractivity contribution is 0.390. The first-order chi connectivity index (χ1) is 10.2. The third-order valence-corrected chi connectivity index (χ3v) is 3.72. The van der Waals surface area contributed by atoms with Crippen molar-refractivity contribution in [2.75, 3.05) is 13.7 Å². The fourth-order valence-corrected chi connectivity index (χ4v) is 2.34. The number of ether oxygens (including phenoxy) is 1. The van der Waals surface area contributed by atoms with E-state index in [1.165, 1.54) is 16.7 Å².